The number of aliphatic hydroxyl groups is 1. The van der Waals surface area contributed by atoms with Crippen LogP contribution in [-0.2, 0) is 22.6 Å². The molecule has 5 rings (SSSR count). The number of Topliss-reactive ketones (excluding diaryl/α,β-unsaturated/α-hetero) is 1. The van der Waals surface area contributed by atoms with Crippen LogP contribution in [0.4, 0.5) is 0 Å². The van der Waals surface area contributed by atoms with Crippen LogP contribution in [0.15, 0.2) is 60.7 Å². The maximum Gasteiger partial charge on any atom is 0.295 e. The van der Waals surface area contributed by atoms with Gasteiger partial charge >= 0.3 is 0 Å². The predicted molar refractivity (Wildman–Crippen MR) is 154 cm³/mol. The molecule has 3 heterocycles. The van der Waals surface area contributed by atoms with Crippen molar-refractivity contribution in [3.8, 4) is 17.2 Å². The number of carbonyl (C=O) groups is 2. The van der Waals surface area contributed by atoms with Crippen molar-refractivity contribution in [3.05, 3.63) is 77.4 Å². The van der Waals surface area contributed by atoms with E-state index in [0.717, 1.165) is 30.6 Å². The summed E-state index contributed by atoms with van der Waals surface area (Å²) in [7, 11) is 1.56. The molecule has 0 bridgehead atoms. The van der Waals surface area contributed by atoms with E-state index in [1.54, 1.807) is 48.8 Å². The number of hydrogen-bond donors (Lipinski definition) is 1. The number of aryl methyl sites for hydroxylation is 1. The number of nitrogens with zero attached hydrogens (tertiary/aromatic N) is 3. The number of ether oxygens (including phenoxy) is 3. The minimum atomic E-state index is -0.788. The number of carbonyl (C=O) groups excluding carboxylic acids is 2. The second kappa shape index (κ2) is 12.5. The van der Waals surface area contributed by atoms with Crippen LogP contribution < -0.4 is 14.2 Å². The molecular formula is C32H37N3O6. The van der Waals surface area contributed by atoms with E-state index < -0.39 is 17.7 Å². The molecule has 2 aliphatic rings. The number of benzene rings is 2. The lowest BCUT2D eigenvalue weighted by Crippen LogP contribution is -2.31. The molecule has 1 N–H and O–H groups in total. The molecule has 0 aliphatic carbocycles. The number of ketones is 1. The van der Waals surface area contributed by atoms with E-state index in [1.807, 2.05) is 29.8 Å². The van der Waals surface area contributed by atoms with Gasteiger partial charge in [0.25, 0.3) is 11.7 Å². The van der Waals surface area contributed by atoms with Crippen molar-refractivity contribution in [2.75, 3.05) is 20.3 Å². The quantitative estimate of drug-likeness (QED) is 0.139. The summed E-state index contributed by atoms with van der Waals surface area (Å²) in [5.41, 5.74) is 2.15. The average Bonchev–Trinajstić information content (AvgIpc) is 3.69. The van der Waals surface area contributed by atoms with E-state index in [-0.39, 0.29) is 17.4 Å². The van der Waals surface area contributed by atoms with Crippen LogP contribution >= 0.6 is 0 Å². The molecule has 2 aromatic carbocycles. The highest BCUT2D eigenvalue weighted by Gasteiger charge is 2.46. The first-order valence-corrected chi connectivity index (χ1v) is 14.3. The van der Waals surface area contributed by atoms with E-state index in [9.17, 15) is 14.7 Å². The molecule has 3 aromatic rings. The number of methoxy groups -OCH3 is 1. The molecule has 0 unspecified atom stereocenters. The lowest BCUT2D eigenvalue weighted by atomic mass is 9.94. The molecule has 1 aromatic heterocycles. The van der Waals surface area contributed by atoms with E-state index in [0.29, 0.717) is 55.2 Å². The first-order valence-electron chi connectivity index (χ1n) is 14.3. The maximum atomic E-state index is 13.5. The minimum absolute atomic E-state index is 0.0404. The second-order valence-electron chi connectivity index (χ2n) is 10.6. The number of likely N-dealkylation sites (tertiary alicyclic amines) is 1. The van der Waals surface area contributed by atoms with Crippen LogP contribution in [0.5, 0.6) is 17.2 Å². The summed E-state index contributed by atoms with van der Waals surface area (Å²) < 4.78 is 19.3. The Balaban J connectivity index is 1.51. The fraction of sp³-hybridized carbons (Fsp3) is 0.406. The van der Waals surface area contributed by atoms with Gasteiger partial charge in [-0.25, -0.2) is 4.98 Å². The number of rotatable bonds is 12. The van der Waals surface area contributed by atoms with Gasteiger partial charge in [-0.05, 0) is 61.2 Å². The first kappa shape index (κ1) is 28.3. The standard InChI is InChI=1S/C32H37N3O6/c1-4-5-6-16-40-26-11-8-22(19-27(26)39-3)29-28(30(36)23-9-10-25-24(18-23)17-21(2)41-25)31(37)32(38)35(29)14-7-13-34-15-12-33-20-34/h8-12,15,18-21,29,36H,4-7,13-14,16-17H2,1-3H3/b30-28+/t21-,29-/m1/s1. The van der Waals surface area contributed by atoms with Gasteiger partial charge in [0.1, 0.15) is 17.6 Å². The van der Waals surface area contributed by atoms with Gasteiger partial charge in [0.15, 0.2) is 11.5 Å². The van der Waals surface area contributed by atoms with Crippen molar-refractivity contribution in [2.45, 2.75) is 64.6 Å². The Bertz CT molecular complexity index is 1430. The molecule has 1 amide bonds. The zero-order valence-electron chi connectivity index (χ0n) is 23.8. The number of unbranched alkanes of at least 4 members (excludes halogenated alkanes) is 2. The van der Waals surface area contributed by atoms with Crippen molar-refractivity contribution in [1.29, 1.82) is 0 Å². The number of aliphatic hydroxyl groups excluding tert-OH is 1. The summed E-state index contributed by atoms with van der Waals surface area (Å²) in [5.74, 6) is 0.318. The van der Waals surface area contributed by atoms with Gasteiger partial charge in [-0.3, -0.25) is 9.59 Å². The SMILES string of the molecule is CCCCCOc1ccc([C@@H]2/C(=C(\O)c3ccc4c(c3)C[C@@H](C)O4)C(=O)C(=O)N2CCCn2ccnc2)cc1OC. The number of fused-ring (bicyclic) bond motifs is 1. The topological polar surface area (TPSA) is 103 Å². The number of aromatic nitrogens is 2. The van der Waals surface area contributed by atoms with Gasteiger partial charge in [-0.15, -0.1) is 0 Å². The van der Waals surface area contributed by atoms with Crippen molar-refractivity contribution >= 4 is 17.4 Å². The minimum Gasteiger partial charge on any atom is -0.507 e. The number of hydrogen-bond acceptors (Lipinski definition) is 7. The Labute approximate surface area is 240 Å². The van der Waals surface area contributed by atoms with Crippen molar-refractivity contribution in [2.24, 2.45) is 0 Å². The summed E-state index contributed by atoms with van der Waals surface area (Å²) in [6.07, 6.45) is 9.72. The largest absolute Gasteiger partial charge is 0.507 e. The molecule has 9 heteroatoms. The average molecular weight is 560 g/mol. The highest BCUT2D eigenvalue weighted by atomic mass is 16.5. The van der Waals surface area contributed by atoms with Crippen LogP contribution in [0.1, 0.15) is 62.3 Å². The van der Waals surface area contributed by atoms with Crippen LogP contribution in [0.3, 0.4) is 0 Å². The van der Waals surface area contributed by atoms with E-state index >= 15 is 0 Å². The molecule has 2 aliphatic heterocycles. The molecule has 216 valence electrons. The second-order valence-corrected chi connectivity index (χ2v) is 10.6. The summed E-state index contributed by atoms with van der Waals surface area (Å²) in [5, 5.41) is 11.5. The molecule has 0 saturated carbocycles. The maximum absolute atomic E-state index is 13.5. The lowest BCUT2D eigenvalue weighted by molar-refractivity contribution is -0.139. The van der Waals surface area contributed by atoms with Crippen molar-refractivity contribution < 1.29 is 28.9 Å². The Morgan fingerprint density at radius 3 is 2.71 bits per heavy atom. The van der Waals surface area contributed by atoms with E-state index in [4.69, 9.17) is 14.2 Å². The molecule has 2 atom stereocenters. The summed E-state index contributed by atoms with van der Waals surface area (Å²) >= 11 is 0. The molecule has 9 nitrogen and oxygen atoms in total. The lowest BCUT2D eigenvalue weighted by Gasteiger charge is -2.26. The number of amides is 1. The van der Waals surface area contributed by atoms with Crippen LogP contribution in [0.2, 0.25) is 0 Å². The van der Waals surface area contributed by atoms with Gasteiger partial charge in [0.2, 0.25) is 0 Å². The zero-order valence-corrected chi connectivity index (χ0v) is 23.8. The van der Waals surface area contributed by atoms with Crippen LogP contribution in [-0.4, -0.2) is 57.6 Å². The Morgan fingerprint density at radius 1 is 1.10 bits per heavy atom. The van der Waals surface area contributed by atoms with Gasteiger partial charge in [-0.1, -0.05) is 25.8 Å². The van der Waals surface area contributed by atoms with Crippen molar-refractivity contribution in [1.82, 2.24) is 14.5 Å². The summed E-state index contributed by atoms with van der Waals surface area (Å²) in [4.78, 5) is 32.5. The fourth-order valence-electron chi connectivity index (χ4n) is 5.53. The molecule has 1 fully saturated rings. The molecule has 0 spiro atoms. The van der Waals surface area contributed by atoms with E-state index in [1.165, 1.54) is 0 Å². The summed E-state index contributed by atoms with van der Waals surface area (Å²) in [6.45, 7) is 5.64. The third-order valence-electron chi connectivity index (χ3n) is 7.59. The van der Waals surface area contributed by atoms with Gasteiger partial charge < -0.3 is 28.8 Å². The van der Waals surface area contributed by atoms with Crippen LogP contribution in [0, 0.1) is 0 Å². The third kappa shape index (κ3) is 5.94. The predicted octanol–water partition coefficient (Wildman–Crippen LogP) is 5.30. The molecular weight excluding hydrogens is 522 g/mol. The Kier molecular flexibility index (Phi) is 8.61. The smallest absolute Gasteiger partial charge is 0.295 e. The Morgan fingerprint density at radius 2 is 1.95 bits per heavy atom. The molecule has 41 heavy (non-hydrogen) atoms. The third-order valence-corrected chi connectivity index (χ3v) is 7.59. The first-order chi connectivity index (χ1) is 19.9. The van der Waals surface area contributed by atoms with E-state index in [2.05, 4.69) is 11.9 Å². The van der Waals surface area contributed by atoms with Crippen molar-refractivity contribution in [3.63, 3.8) is 0 Å². The normalized spacial score (nSPS) is 19.3. The van der Waals surface area contributed by atoms with Crippen LogP contribution in [0.25, 0.3) is 5.76 Å². The highest BCUT2D eigenvalue weighted by molar-refractivity contribution is 6.46. The Hall–Kier alpha value is -4.27. The van der Waals surface area contributed by atoms with Gasteiger partial charge in [-0.2, -0.15) is 0 Å². The highest BCUT2D eigenvalue weighted by Crippen LogP contribution is 2.43. The molecule has 1 saturated heterocycles. The fourth-order valence-corrected chi connectivity index (χ4v) is 5.53. The number of imidazole rings is 1. The monoisotopic (exact) mass is 559 g/mol. The van der Waals surface area contributed by atoms with Gasteiger partial charge in [0.05, 0.1) is 31.7 Å². The zero-order chi connectivity index (χ0) is 28.9. The summed E-state index contributed by atoms with van der Waals surface area (Å²) in [6, 6.07) is 10.0. The van der Waals surface area contributed by atoms with Gasteiger partial charge in [0, 0.05) is 37.5 Å². The molecule has 0 radical (unpaired) electrons.